The van der Waals surface area contributed by atoms with E-state index in [1.54, 1.807) is 36.6 Å². The fourth-order valence-corrected chi connectivity index (χ4v) is 2.37. The summed E-state index contributed by atoms with van der Waals surface area (Å²) in [6.45, 7) is 0.491. The molecule has 0 saturated heterocycles. The van der Waals surface area contributed by atoms with Crippen LogP contribution in [0.2, 0.25) is 0 Å². The summed E-state index contributed by atoms with van der Waals surface area (Å²) in [6, 6.07) is 26.8. The van der Waals surface area contributed by atoms with Gasteiger partial charge in [0.25, 0.3) is 5.91 Å². The fourth-order valence-electron chi connectivity index (χ4n) is 2.37. The van der Waals surface area contributed by atoms with Crippen molar-refractivity contribution in [3.8, 4) is 5.75 Å². The van der Waals surface area contributed by atoms with Crippen molar-refractivity contribution in [1.29, 1.82) is 0 Å². The molecule has 27 heavy (non-hydrogen) atoms. The average Bonchev–Trinajstić information content (AvgIpc) is 2.74. The lowest BCUT2D eigenvalue weighted by Gasteiger charge is -2.07. The maximum Gasteiger partial charge on any atom is 0.271 e. The van der Waals surface area contributed by atoms with Gasteiger partial charge in [-0.1, -0.05) is 66.7 Å². The summed E-state index contributed by atoms with van der Waals surface area (Å²) in [5, 5.41) is 3.92. The number of hydrazone groups is 1. The summed E-state index contributed by atoms with van der Waals surface area (Å²) in [6.07, 6.45) is 5.23. The van der Waals surface area contributed by atoms with Gasteiger partial charge in [-0.2, -0.15) is 5.10 Å². The molecule has 4 nitrogen and oxygen atoms in total. The molecule has 0 fully saturated rings. The van der Waals surface area contributed by atoms with Gasteiger partial charge in [0.1, 0.15) is 12.4 Å². The van der Waals surface area contributed by atoms with Crippen molar-refractivity contribution in [2.24, 2.45) is 5.10 Å². The minimum absolute atomic E-state index is 0.269. The maximum absolute atomic E-state index is 12.1. The van der Waals surface area contributed by atoms with Crippen LogP contribution in [0, 0.1) is 0 Å². The zero-order valence-electron chi connectivity index (χ0n) is 14.8. The number of amides is 1. The van der Waals surface area contributed by atoms with Crippen molar-refractivity contribution in [3.05, 3.63) is 108 Å². The third-order valence-electron chi connectivity index (χ3n) is 3.78. The molecule has 0 spiro atoms. The standard InChI is InChI=1S/C23H20N2O2/c26-23(25-24-17-7-12-19-8-3-1-4-9-19)21-13-15-22(16-14-21)27-18-20-10-5-2-6-11-20/h1-17H,18H2,(H,25,26)/b12-7+,24-17+. The molecule has 1 N–H and O–H groups in total. The Morgan fingerprint density at radius 2 is 1.56 bits per heavy atom. The minimum atomic E-state index is -0.269. The van der Waals surface area contributed by atoms with Crippen molar-refractivity contribution < 1.29 is 9.53 Å². The van der Waals surface area contributed by atoms with Gasteiger partial charge in [-0.3, -0.25) is 4.79 Å². The van der Waals surface area contributed by atoms with Crippen LogP contribution in [0.25, 0.3) is 6.08 Å². The van der Waals surface area contributed by atoms with Gasteiger partial charge in [0, 0.05) is 11.8 Å². The highest BCUT2D eigenvalue weighted by Crippen LogP contribution is 2.14. The molecular formula is C23H20N2O2. The van der Waals surface area contributed by atoms with E-state index in [0.29, 0.717) is 17.9 Å². The molecule has 3 aromatic carbocycles. The molecule has 0 aromatic heterocycles. The van der Waals surface area contributed by atoms with Gasteiger partial charge < -0.3 is 4.74 Å². The summed E-state index contributed by atoms with van der Waals surface area (Å²) in [7, 11) is 0. The zero-order valence-corrected chi connectivity index (χ0v) is 14.8. The number of hydrogen-bond acceptors (Lipinski definition) is 3. The first kappa shape index (κ1) is 18.1. The molecule has 0 aliphatic carbocycles. The second-order valence-corrected chi connectivity index (χ2v) is 5.79. The average molecular weight is 356 g/mol. The highest BCUT2D eigenvalue weighted by atomic mass is 16.5. The quantitative estimate of drug-likeness (QED) is 0.493. The van der Waals surface area contributed by atoms with Gasteiger partial charge in [-0.15, -0.1) is 0 Å². The van der Waals surface area contributed by atoms with Crippen LogP contribution in [0.1, 0.15) is 21.5 Å². The smallest absolute Gasteiger partial charge is 0.271 e. The normalized spacial score (nSPS) is 11.0. The van der Waals surface area contributed by atoms with Gasteiger partial charge in [0.15, 0.2) is 0 Å². The molecular weight excluding hydrogens is 336 g/mol. The minimum Gasteiger partial charge on any atom is -0.489 e. The van der Waals surface area contributed by atoms with Crippen molar-refractivity contribution in [2.45, 2.75) is 6.61 Å². The molecule has 0 heterocycles. The van der Waals surface area contributed by atoms with Crippen LogP contribution in [-0.4, -0.2) is 12.1 Å². The third kappa shape index (κ3) is 5.97. The monoisotopic (exact) mass is 356 g/mol. The SMILES string of the molecule is O=C(N/N=C/C=C/c1ccccc1)c1ccc(OCc2ccccc2)cc1. The number of rotatable bonds is 7. The third-order valence-corrected chi connectivity index (χ3v) is 3.78. The van der Waals surface area contributed by atoms with Gasteiger partial charge in [-0.25, -0.2) is 5.43 Å². The predicted molar refractivity (Wildman–Crippen MR) is 109 cm³/mol. The van der Waals surface area contributed by atoms with E-state index in [0.717, 1.165) is 11.1 Å². The van der Waals surface area contributed by atoms with Crippen LogP contribution < -0.4 is 10.2 Å². The summed E-state index contributed by atoms with van der Waals surface area (Å²) < 4.78 is 5.71. The second kappa shape index (κ2) is 9.73. The number of hydrogen-bond donors (Lipinski definition) is 1. The van der Waals surface area contributed by atoms with Crippen LogP contribution in [0.4, 0.5) is 0 Å². The molecule has 1 amide bonds. The number of carbonyl (C=O) groups is 1. The topological polar surface area (TPSA) is 50.7 Å². The van der Waals surface area contributed by atoms with Crippen molar-refractivity contribution in [3.63, 3.8) is 0 Å². The molecule has 0 bridgehead atoms. The van der Waals surface area contributed by atoms with E-state index in [4.69, 9.17) is 4.74 Å². The Bertz CT molecular complexity index is 902. The first-order valence-corrected chi connectivity index (χ1v) is 8.63. The van der Waals surface area contributed by atoms with Gasteiger partial charge in [0.05, 0.1) is 0 Å². The van der Waals surface area contributed by atoms with E-state index >= 15 is 0 Å². The molecule has 3 rings (SSSR count). The van der Waals surface area contributed by atoms with Crippen LogP contribution in [0.15, 0.2) is 96.1 Å². The molecule has 0 saturated carbocycles. The van der Waals surface area contributed by atoms with E-state index in [-0.39, 0.29) is 5.91 Å². The molecule has 0 radical (unpaired) electrons. The summed E-state index contributed by atoms with van der Waals surface area (Å²) in [5.74, 6) is 0.443. The van der Waals surface area contributed by atoms with E-state index in [9.17, 15) is 4.79 Å². The Labute approximate surface area is 158 Å². The molecule has 134 valence electrons. The van der Waals surface area contributed by atoms with Gasteiger partial charge in [0.2, 0.25) is 0 Å². The Hall–Kier alpha value is -3.66. The number of nitrogens with zero attached hydrogens (tertiary/aromatic N) is 1. The fraction of sp³-hybridized carbons (Fsp3) is 0.0435. The highest BCUT2D eigenvalue weighted by Gasteiger charge is 2.04. The lowest BCUT2D eigenvalue weighted by molar-refractivity contribution is 0.0955. The second-order valence-electron chi connectivity index (χ2n) is 5.79. The van der Waals surface area contributed by atoms with E-state index in [1.165, 1.54) is 0 Å². The van der Waals surface area contributed by atoms with Crippen LogP contribution in [-0.2, 0) is 6.61 Å². The Morgan fingerprint density at radius 1 is 0.889 bits per heavy atom. The van der Waals surface area contributed by atoms with E-state index in [1.807, 2.05) is 66.7 Å². The first-order chi connectivity index (χ1) is 13.3. The van der Waals surface area contributed by atoms with Crippen LogP contribution in [0.3, 0.4) is 0 Å². The van der Waals surface area contributed by atoms with E-state index < -0.39 is 0 Å². The van der Waals surface area contributed by atoms with Crippen molar-refractivity contribution in [2.75, 3.05) is 0 Å². The highest BCUT2D eigenvalue weighted by molar-refractivity contribution is 5.94. The first-order valence-electron chi connectivity index (χ1n) is 8.63. The number of nitrogens with one attached hydrogen (secondary N) is 1. The van der Waals surface area contributed by atoms with Gasteiger partial charge >= 0.3 is 0 Å². The zero-order chi connectivity index (χ0) is 18.7. The van der Waals surface area contributed by atoms with E-state index in [2.05, 4.69) is 10.5 Å². The van der Waals surface area contributed by atoms with Crippen LogP contribution in [0.5, 0.6) is 5.75 Å². The molecule has 0 aliphatic heterocycles. The Balaban J connectivity index is 1.47. The van der Waals surface area contributed by atoms with Crippen molar-refractivity contribution in [1.82, 2.24) is 5.43 Å². The largest absolute Gasteiger partial charge is 0.489 e. The molecule has 0 unspecified atom stereocenters. The summed E-state index contributed by atoms with van der Waals surface area (Å²) in [5.41, 5.74) is 5.19. The molecule has 3 aromatic rings. The van der Waals surface area contributed by atoms with Gasteiger partial charge in [-0.05, 0) is 41.5 Å². The number of ether oxygens (including phenoxy) is 1. The van der Waals surface area contributed by atoms with Crippen LogP contribution >= 0.6 is 0 Å². The lowest BCUT2D eigenvalue weighted by atomic mass is 10.2. The Kier molecular flexibility index (Phi) is 6.54. The molecule has 0 aliphatic rings. The number of allylic oxidation sites excluding steroid dienone is 1. The molecule has 4 heteroatoms. The van der Waals surface area contributed by atoms with Crippen molar-refractivity contribution >= 4 is 18.2 Å². The maximum atomic E-state index is 12.1. The number of carbonyl (C=O) groups excluding carboxylic acids is 1. The Morgan fingerprint density at radius 3 is 2.26 bits per heavy atom. The lowest BCUT2D eigenvalue weighted by Crippen LogP contribution is -2.17. The molecule has 0 atom stereocenters. The number of benzene rings is 3. The summed E-state index contributed by atoms with van der Waals surface area (Å²) >= 11 is 0. The predicted octanol–water partition coefficient (Wildman–Crippen LogP) is 4.69. The summed E-state index contributed by atoms with van der Waals surface area (Å²) in [4.78, 5) is 12.1.